The van der Waals surface area contributed by atoms with Crippen LogP contribution in [0.3, 0.4) is 0 Å². The van der Waals surface area contributed by atoms with Gasteiger partial charge in [0.2, 0.25) is 5.91 Å². The van der Waals surface area contributed by atoms with Crippen molar-refractivity contribution in [3.05, 3.63) is 85.2 Å². The summed E-state index contributed by atoms with van der Waals surface area (Å²) < 4.78 is 5.41. The monoisotopic (exact) mass is 384 g/mol. The summed E-state index contributed by atoms with van der Waals surface area (Å²) in [6, 6.07) is 9.17. The second-order valence-corrected chi connectivity index (χ2v) is 6.17. The number of rotatable bonds is 4. The summed E-state index contributed by atoms with van der Waals surface area (Å²) in [6.45, 7) is 1.86. The maximum absolute atomic E-state index is 12.5. The van der Waals surface area contributed by atoms with Gasteiger partial charge in [-0.3, -0.25) is 19.7 Å². The van der Waals surface area contributed by atoms with Crippen LogP contribution in [0.4, 0.5) is 11.4 Å². The van der Waals surface area contributed by atoms with Crippen LogP contribution in [0.5, 0.6) is 0 Å². The molecular weight excluding hydrogens is 372 g/mol. The Kier molecular flexibility index (Phi) is 5.05. The first-order chi connectivity index (χ1) is 12.8. The molecule has 3 rings (SSSR count). The summed E-state index contributed by atoms with van der Waals surface area (Å²) >= 11 is 5.73. The van der Waals surface area contributed by atoms with Crippen molar-refractivity contribution in [2.24, 2.45) is 0 Å². The van der Waals surface area contributed by atoms with Crippen molar-refractivity contribution in [3.8, 4) is 0 Å². The van der Waals surface area contributed by atoms with Crippen molar-refractivity contribution in [1.82, 2.24) is 0 Å². The minimum Gasteiger partial charge on any atom is -0.463 e. The zero-order valence-electron chi connectivity index (χ0n) is 14.1. The lowest BCUT2D eigenvalue weighted by molar-refractivity contribution is -0.384. The van der Waals surface area contributed by atoms with Crippen molar-refractivity contribution >= 4 is 45.9 Å². The van der Waals surface area contributed by atoms with Gasteiger partial charge in [0.15, 0.2) is 5.43 Å². The van der Waals surface area contributed by atoms with E-state index in [1.807, 2.05) is 13.0 Å². The summed E-state index contributed by atoms with van der Waals surface area (Å²) in [6.07, 6.45) is 3.75. The number of nitro groups is 1. The van der Waals surface area contributed by atoms with Crippen molar-refractivity contribution < 1.29 is 14.1 Å². The third kappa shape index (κ3) is 4.04. The Morgan fingerprint density at radius 1 is 1.26 bits per heavy atom. The molecule has 0 atom stereocenters. The predicted octanol–water partition coefficient (Wildman–Crippen LogP) is 4.31. The first-order valence-electron chi connectivity index (χ1n) is 7.80. The summed E-state index contributed by atoms with van der Waals surface area (Å²) in [4.78, 5) is 34.8. The number of hydrogen-bond acceptors (Lipinski definition) is 5. The molecule has 1 heterocycles. The topological polar surface area (TPSA) is 102 Å². The Morgan fingerprint density at radius 3 is 2.78 bits per heavy atom. The SMILES string of the molecule is Cc1ccc2occ(/C=C/C(=O)Nc3ccc(Cl)c([N+](=O)[O-])c3)c(=O)c2c1. The molecule has 3 aromatic rings. The van der Waals surface area contributed by atoms with Gasteiger partial charge in [0.05, 0.1) is 15.9 Å². The third-order valence-corrected chi connectivity index (χ3v) is 4.10. The number of aryl methyl sites for hydroxylation is 1. The molecular formula is C19H13ClN2O5. The van der Waals surface area contributed by atoms with Gasteiger partial charge in [-0.1, -0.05) is 23.2 Å². The van der Waals surface area contributed by atoms with Crippen molar-refractivity contribution in [2.45, 2.75) is 6.92 Å². The van der Waals surface area contributed by atoms with Gasteiger partial charge in [-0.15, -0.1) is 0 Å². The Hall–Kier alpha value is -3.45. The maximum atomic E-state index is 12.5. The fourth-order valence-corrected chi connectivity index (χ4v) is 2.64. The molecule has 0 saturated heterocycles. The number of nitro benzene ring substituents is 1. The Labute approximate surface area is 158 Å². The van der Waals surface area contributed by atoms with Gasteiger partial charge >= 0.3 is 0 Å². The summed E-state index contributed by atoms with van der Waals surface area (Å²) in [7, 11) is 0. The minimum absolute atomic E-state index is 0.0300. The van der Waals surface area contributed by atoms with Gasteiger partial charge in [-0.2, -0.15) is 0 Å². The molecule has 27 heavy (non-hydrogen) atoms. The van der Waals surface area contributed by atoms with E-state index >= 15 is 0 Å². The van der Waals surface area contributed by atoms with Gasteiger partial charge in [0, 0.05) is 17.8 Å². The molecule has 7 nitrogen and oxygen atoms in total. The minimum atomic E-state index is -0.643. The molecule has 136 valence electrons. The number of amides is 1. The largest absolute Gasteiger partial charge is 0.463 e. The smallest absolute Gasteiger partial charge is 0.289 e. The molecule has 0 spiro atoms. The highest BCUT2D eigenvalue weighted by molar-refractivity contribution is 6.32. The molecule has 1 aromatic heterocycles. The number of anilines is 1. The number of halogens is 1. The lowest BCUT2D eigenvalue weighted by Gasteiger charge is -2.03. The zero-order chi connectivity index (χ0) is 19.6. The first-order valence-corrected chi connectivity index (χ1v) is 8.18. The lowest BCUT2D eigenvalue weighted by atomic mass is 10.1. The molecule has 0 aliphatic rings. The summed E-state index contributed by atoms with van der Waals surface area (Å²) in [5.74, 6) is -0.560. The number of carbonyl (C=O) groups is 1. The highest BCUT2D eigenvalue weighted by Crippen LogP contribution is 2.27. The van der Waals surface area contributed by atoms with E-state index < -0.39 is 10.8 Å². The third-order valence-electron chi connectivity index (χ3n) is 3.78. The summed E-state index contributed by atoms with van der Waals surface area (Å²) in [5, 5.41) is 13.8. The lowest BCUT2D eigenvalue weighted by Crippen LogP contribution is -2.09. The van der Waals surface area contributed by atoms with Gasteiger partial charge in [-0.25, -0.2) is 0 Å². The maximum Gasteiger partial charge on any atom is 0.289 e. The van der Waals surface area contributed by atoms with Crippen LogP contribution in [0.25, 0.3) is 17.0 Å². The molecule has 8 heteroatoms. The van der Waals surface area contributed by atoms with E-state index in [1.165, 1.54) is 24.5 Å². The van der Waals surface area contributed by atoms with E-state index in [0.29, 0.717) is 11.0 Å². The number of hydrogen-bond donors (Lipinski definition) is 1. The van der Waals surface area contributed by atoms with Crippen LogP contribution in [-0.2, 0) is 4.79 Å². The molecule has 0 fully saturated rings. The van der Waals surface area contributed by atoms with Gasteiger partial charge in [0.25, 0.3) is 5.69 Å². The number of nitrogens with zero attached hydrogens (tertiary/aromatic N) is 1. The molecule has 2 aromatic carbocycles. The average molecular weight is 385 g/mol. The molecule has 0 bridgehead atoms. The molecule has 0 unspecified atom stereocenters. The first kappa shape index (κ1) is 18.3. The van der Waals surface area contributed by atoms with Crippen LogP contribution in [0.15, 0.2) is 57.9 Å². The Balaban J connectivity index is 1.82. The summed E-state index contributed by atoms with van der Waals surface area (Å²) in [5.41, 5.74) is 1.22. The highest BCUT2D eigenvalue weighted by Gasteiger charge is 2.13. The van der Waals surface area contributed by atoms with E-state index in [9.17, 15) is 19.7 Å². The van der Waals surface area contributed by atoms with Crippen LogP contribution in [0.2, 0.25) is 5.02 Å². The number of benzene rings is 2. The number of nitrogens with one attached hydrogen (secondary N) is 1. The predicted molar refractivity (Wildman–Crippen MR) is 103 cm³/mol. The van der Waals surface area contributed by atoms with Crippen LogP contribution in [0, 0.1) is 17.0 Å². The molecule has 0 aliphatic heterocycles. The quantitative estimate of drug-likeness (QED) is 0.410. The van der Waals surface area contributed by atoms with Crippen LogP contribution in [-0.4, -0.2) is 10.8 Å². The van der Waals surface area contributed by atoms with E-state index in [0.717, 1.165) is 17.7 Å². The number of fused-ring (bicyclic) bond motifs is 1. The van der Waals surface area contributed by atoms with Gasteiger partial charge in [-0.05, 0) is 37.3 Å². The Morgan fingerprint density at radius 2 is 2.04 bits per heavy atom. The van der Waals surface area contributed by atoms with Crippen molar-refractivity contribution in [3.63, 3.8) is 0 Å². The Bertz CT molecular complexity index is 1150. The zero-order valence-corrected chi connectivity index (χ0v) is 14.8. The average Bonchev–Trinajstić information content (AvgIpc) is 2.63. The van der Waals surface area contributed by atoms with Gasteiger partial charge < -0.3 is 9.73 Å². The number of carbonyl (C=O) groups excluding carboxylic acids is 1. The van der Waals surface area contributed by atoms with E-state index in [4.69, 9.17) is 16.0 Å². The molecule has 0 saturated carbocycles. The molecule has 1 N–H and O–H groups in total. The van der Waals surface area contributed by atoms with E-state index in [1.54, 1.807) is 12.1 Å². The van der Waals surface area contributed by atoms with E-state index in [2.05, 4.69) is 5.32 Å². The normalized spacial score (nSPS) is 11.0. The second-order valence-electron chi connectivity index (χ2n) is 5.77. The fourth-order valence-electron chi connectivity index (χ4n) is 2.45. The molecule has 1 amide bonds. The van der Waals surface area contributed by atoms with E-state index in [-0.39, 0.29) is 27.4 Å². The van der Waals surface area contributed by atoms with Crippen LogP contribution >= 0.6 is 11.6 Å². The molecule has 0 aliphatic carbocycles. The fraction of sp³-hybridized carbons (Fsp3) is 0.0526. The standard InChI is InChI=1S/C19H13ClN2O5/c1-11-2-6-17-14(8-11)19(24)12(10-27-17)3-7-18(23)21-13-4-5-15(20)16(9-13)22(25)26/h2-10H,1H3,(H,21,23)/b7-3+. The van der Waals surface area contributed by atoms with Crippen LogP contribution in [0.1, 0.15) is 11.1 Å². The second kappa shape index (κ2) is 7.43. The van der Waals surface area contributed by atoms with Crippen molar-refractivity contribution in [2.75, 3.05) is 5.32 Å². The van der Waals surface area contributed by atoms with Crippen LogP contribution < -0.4 is 10.7 Å². The van der Waals surface area contributed by atoms with Gasteiger partial charge in [0.1, 0.15) is 16.9 Å². The molecule has 0 radical (unpaired) electrons. The highest BCUT2D eigenvalue weighted by atomic mass is 35.5. The van der Waals surface area contributed by atoms with Crippen molar-refractivity contribution in [1.29, 1.82) is 0 Å².